The van der Waals surface area contributed by atoms with Gasteiger partial charge in [-0.15, -0.1) is 0 Å². The highest BCUT2D eigenvalue weighted by molar-refractivity contribution is 5.30. The van der Waals surface area contributed by atoms with Gasteiger partial charge < -0.3 is 15.0 Å². The number of benzene rings is 1. The summed E-state index contributed by atoms with van der Waals surface area (Å²) in [6, 6.07) is 4.42. The molecular weight excluding hydrogens is 237 g/mol. The predicted molar refractivity (Wildman–Crippen MR) is 62.4 cm³/mol. The number of nitrogens with zero attached hydrogens (tertiary/aromatic N) is 2. The van der Waals surface area contributed by atoms with Crippen molar-refractivity contribution in [2.45, 2.75) is 26.5 Å². The SMILES string of the molecule is Cc1nc(COc2ccc(C(C)N)cc2F)no1. The number of rotatable bonds is 4. The summed E-state index contributed by atoms with van der Waals surface area (Å²) >= 11 is 0. The fourth-order valence-corrected chi connectivity index (χ4v) is 1.46. The minimum Gasteiger partial charge on any atom is -0.482 e. The molecule has 6 heteroatoms. The first kappa shape index (κ1) is 12.5. The van der Waals surface area contributed by atoms with Crippen LogP contribution in [0.15, 0.2) is 22.7 Å². The van der Waals surface area contributed by atoms with E-state index in [1.807, 2.05) is 0 Å². The van der Waals surface area contributed by atoms with Gasteiger partial charge in [0.15, 0.2) is 18.2 Å². The molecule has 0 spiro atoms. The first-order valence-electron chi connectivity index (χ1n) is 5.53. The van der Waals surface area contributed by atoms with Crippen molar-refractivity contribution in [2.24, 2.45) is 5.73 Å². The number of halogens is 1. The second kappa shape index (κ2) is 5.14. The molecule has 0 radical (unpaired) electrons. The van der Waals surface area contributed by atoms with Crippen molar-refractivity contribution in [3.05, 3.63) is 41.3 Å². The van der Waals surface area contributed by atoms with Crippen molar-refractivity contribution in [3.8, 4) is 5.75 Å². The van der Waals surface area contributed by atoms with E-state index in [9.17, 15) is 4.39 Å². The largest absolute Gasteiger partial charge is 0.482 e. The molecule has 5 nitrogen and oxygen atoms in total. The van der Waals surface area contributed by atoms with Gasteiger partial charge in [0.25, 0.3) is 0 Å². The zero-order valence-electron chi connectivity index (χ0n) is 10.2. The number of hydrogen-bond acceptors (Lipinski definition) is 5. The van der Waals surface area contributed by atoms with E-state index in [2.05, 4.69) is 10.1 Å². The lowest BCUT2D eigenvalue weighted by atomic mass is 10.1. The fraction of sp³-hybridized carbons (Fsp3) is 0.333. The Bertz CT molecular complexity index is 540. The van der Waals surface area contributed by atoms with E-state index in [0.717, 1.165) is 5.56 Å². The molecule has 0 saturated carbocycles. The first-order chi connectivity index (χ1) is 8.56. The maximum Gasteiger partial charge on any atom is 0.223 e. The lowest BCUT2D eigenvalue weighted by molar-refractivity contribution is 0.272. The highest BCUT2D eigenvalue weighted by Gasteiger charge is 2.09. The molecule has 0 saturated heterocycles. The summed E-state index contributed by atoms with van der Waals surface area (Å²) in [5, 5.41) is 3.65. The molecule has 1 unspecified atom stereocenters. The van der Waals surface area contributed by atoms with Gasteiger partial charge in [0.1, 0.15) is 0 Å². The summed E-state index contributed by atoms with van der Waals surface area (Å²) in [7, 11) is 0. The Morgan fingerprint density at radius 3 is 2.83 bits per heavy atom. The van der Waals surface area contributed by atoms with Gasteiger partial charge in [0.2, 0.25) is 11.7 Å². The Kier molecular flexibility index (Phi) is 3.57. The van der Waals surface area contributed by atoms with Crippen molar-refractivity contribution < 1.29 is 13.7 Å². The molecule has 0 amide bonds. The topological polar surface area (TPSA) is 74.2 Å². The summed E-state index contributed by atoms with van der Waals surface area (Å²) in [4.78, 5) is 3.96. The predicted octanol–water partition coefficient (Wildman–Crippen LogP) is 2.12. The average molecular weight is 251 g/mol. The lowest BCUT2D eigenvalue weighted by Gasteiger charge is -2.09. The third-order valence-corrected chi connectivity index (χ3v) is 2.41. The molecular formula is C12H14FN3O2. The highest BCUT2D eigenvalue weighted by atomic mass is 19.1. The van der Waals surface area contributed by atoms with E-state index in [1.165, 1.54) is 6.07 Å². The Balaban J connectivity index is 2.05. The summed E-state index contributed by atoms with van der Waals surface area (Å²) in [5.74, 6) is 0.511. The summed E-state index contributed by atoms with van der Waals surface area (Å²) < 4.78 is 23.7. The third kappa shape index (κ3) is 2.84. The molecule has 1 heterocycles. The molecule has 0 aliphatic heterocycles. The average Bonchev–Trinajstić information content (AvgIpc) is 2.73. The molecule has 0 bridgehead atoms. The standard InChI is InChI=1S/C12H14FN3O2/c1-7(14)9-3-4-11(10(13)5-9)17-6-12-15-8(2)18-16-12/h3-5,7H,6,14H2,1-2H3. The highest BCUT2D eigenvalue weighted by Crippen LogP contribution is 2.21. The number of ether oxygens (including phenoxy) is 1. The van der Waals surface area contributed by atoms with Gasteiger partial charge in [0, 0.05) is 13.0 Å². The van der Waals surface area contributed by atoms with E-state index in [0.29, 0.717) is 11.7 Å². The van der Waals surface area contributed by atoms with Crippen LogP contribution < -0.4 is 10.5 Å². The number of hydrogen-bond donors (Lipinski definition) is 1. The minimum absolute atomic E-state index is 0.0613. The third-order valence-electron chi connectivity index (χ3n) is 2.41. The van der Waals surface area contributed by atoms with Crippen molar-refractivity contribution in [1.29, 1.82) is 0 Å². The van der Waals surface area contributed by atoms with Crippen LogP contribution in [0, 0.1) is 12.7 Å². The molecule has 0 aliphatic rings. The van der Waals surface area contributed by atoms with Crippen LogP contribution in [-0.2, 0) is 6.61 Å². The van der Waals surface area contributed by atoms with Crippen LogP contribution in [0.3, 0.4) is 0 Å². The van der Waals surface area contributed by atoms with Crippen molar-refractivity contribution >= 4 is 0 Å². The Hall–Kier alpha value is -1.95. The van der Waals surface area contributed by atoms with Gasteiger partial charge in [-0.25, -0.2) is 4.39 Å². The van der Waals surface area contributed by atoms with E-state index < -0.39 is 5.82 Å². The molecule has 18 heavy (non-hydrogen) atoms. The lowest BCUT2D eigenvalue weighted by Crippen LogP contribution is -2.06. The maximum absolute atomic E-state index is 13.7. The van der Waals surface area contributed by atoms with Crippen LogP contribution in [0.2, 0.25) is 0 Å². The van der Waals surface area contributed by atoms with Gasteiger partial charge in [-0.1, -0.05) is 11.2 Å². The molecule has 2 rings (SSSR count). The zero-order valence-corrected chi connectivity index (χ0v) is 10.2. The van der Waals surface area contributed by atoms with Gasteiger partial charge in [-0.3, -0.25) is 0 Å². The van der Waals surface area contributed by atoms with Crippen LogP contribution in [0.1, 0.15) is 30.2 Å². The molecule has 1 aromatic heterocycles. The molecule has 0 aliphatic carbocycles. The van der Waals surface area contributed by atoms with Crippen LogP contribution in [-0.4, -0.2) is 10.1 Å². The maximum atomic E-state index is 13.7. The molecule has 1 atom stereocenters. The van der Waals surface area contributed by atoms with Crippen LogP contribution in [0.25, 0.3) is 0 Å². The molecule has 96 valence electrons. The molecule has 2 N–H and O–H groups in total. The summed E-state index contributed by atoms with van der Waals surface area (Å²) in [5.41, 5.74) is 6.38. The van der Waals surface area contributed by atoms with Crippen LogP contribution in [0.5, 0.6) is 5.75 Å². The second-order valence-corrected chi connectivity index (χ2v) is 4.00. The van der Waals surface area contributed by atoms with E-state index in [-0.39, 0.29) is 18.4 Å². The Morgan fingerprint density at radius 1 is 1.50 bits per heavy atom. The smallest absolute Gasteiger partial charge is 0.223 e. The summed E-state index contributed by atoms with van der Waals surface area (Å²) in [6.45, 7) is 3.53. The number of aromatic nitrogens is 2. The van der Waals surface area contributed by atoms with Crippen molar-refractivity contribution in [3.63, 3.8) is 0 Å². The van der Waals surface area contributed by atoms with E-state index in [1.54, 1.807) is 26.0 Å². The quantitative estimate of drug-likeness (QED) is 0.900. The number of nitrogens with two attached hydrogens (primary N) is 1. The van der Waals surface area contributed by atoms with E-state index in [4.69, 9.17) is 15.0 Å². The Morgan fingerprint density at radius 2 is 2.28 bits per heavy atom. The molecule has 2 aromatic rings. The minimum atomic E-state index is -0.454. The zero-order chi connectivity index (χ0) is 13.1. The van der Waals surface area contributed by atoms with Crippen molar-refractivity contribution in [1.82, 2.24) is 10.1 Å². The number of aryl methyl sites for hydroxylation is 1. The molecule has 0 fully saturated rings. The first-order valence-corrected chi connectivity index (χ1v) is 5.53. The van der Waals surface area contributed by atoms with Gasteiger partial charge in [-0.2, -0.15) is 4.98 Å². The van der Waals surface area contributed by atoms with Gasteiger partial charge >= 0.3 is 0 Å². The fourth-order valence-electron chi connectivity index (χ4n) is 1.46. The second-order valence-electron chi connectivity index (χ2n) is 4.00. The molecule has 1 aromatic carbocycles. The summed E-state index contributed by atoms with van der Waals surface area (Å²) in [6.07, 6.45) is 0. The normalized spacial score (nSPS) is 12.4. The van der Waals surface area contributed by atoms with Gasteiger partial charge in [0.05, 0.1) is 0 Å². The van der Waals surface area contributed by atoms with E-state index >= 15 is 0 Å². The van der Waals surface area contributed by atoms with Crippen molar-refractivity contribution in [2.75, 3.05) is 0 Å². The monoisotopic (exact) mass is 251 g/mol. The van der Waals surface area contributed by atoms with Crippen LogP contribution >= 0.6 is 0 Å². The van der Waals surface area contributed by atoms with Crippen LogP contribution in [0.4, 0.5) is 4.39 Å². The Labute approximate surface area is 104 Å². The van der Waals surface area contributed by atoms with Gasteiger partial charge in [-0.05, 0) is 24.6 Å².